The fourth-order valence-electron chi connectivity index (χ4n) is 2.29. The Balaban J connectivity index is 2.27. The average Bonchev–Trinajstić information content (AvgIpc) is 2.30. The molecule has 2 nitrogen and oxygen atoms in total. The number of benzene rings is 1. The van der Waals surface area contributed by atoms with Gasteiger partial charge in [-0.05, 0) is 37.9 Å². The highest BCUT2D eigenvalue weighted by Gasteiger charge is 2.18. The molecule has 1 saturated heterocycles. The van der Waals surface area contributed by atoms with Crippen molar-refractivity contribution in [2.45, 2.75) is 25.7 Å². The quantitative estimate of drug-likeness (QED) is 0.801. The summed E-state index contributed by atoms with van der Waals surface area (Å²) in [6, 6.07) is 6.45. The van der Waals surface area contributed by atoms with Gasteiger partial charge in [0.1, 0.15) is 5.75 Å². The summed E-state index contributed by atoms with van der Waals surface area (Å²) in [6.07, 6.45) is 2.54. The van der Waals surface area contributed by atoms with Crippen LogP contribution in [0.1, 0.15) is 29.9 Å². The van der Waals surface area contributed by atoms with Crippen molar-refractivity contribution in [1.29, 1.82) is 0 Å². The lowest BCUT2D eigenvalue weighted by Crippen LogP contribution is -2.28. The Morgan fingerprint density at radius 3 is 2.93 bits per heavy atom. The third-order valence-corrected chi connectivity index (χ3v) is 3.12. The van der Waals surface area contributed by atoms with Gasteiger partial charge in [-0.15, -0.1) is 0 Å². The largest absolute Gasteiger partial charge is 0.496 e. The number of nitrogens with one attached hydrogen (secondary N) is 1. The van der Waals surface area contributed by atoms with E-state index in [1.165, 1.54) is 24.0 Å². The van der Waals surface area contributed by atoms with Gasteiger partial charge in [0.15, 0.2) is 0 Å². The van der Waals surface area contributed by atoms with Crippen LogP contribution in [0.4, 0.5) is 0 Å². The van der Waals surface area contributed by atoms with Crippen LogP contribution in [0.3, 0.4) is 0 Å². The first kappa shape index (κ1) is 10.5. The molecule has 0 unspecified atom stereocenters. The monoisotopic (exact) mass is 205 g/mol. The van der Waals surface area contributed by atoms with Crippen LogP contribution in [0.25, 0.3) is 0 Å². The molecule has 1 aromatic carbocycles. The van der Waals surface area contributed by atoms with E-state index in [4.69, 9.17) is 4.74 Å². The molecule has 1 aliphatic rings. The molecule has 0 aliphatic carbocycles. The highest BCUT2D eigenvalue weighted by Crippen LogP contribution is 2.31. The van der Waals surface area contributed by atoms with Crippen LogP contribution in [0.15, 0.2) is 18.2 Å². The van der Waals surface area contributed by atoms with Gasteiger partial charge in [-0.1, -0.05) is 17.7 Å². The van der Waals surface area contributed by atoms with E-state index in [9.17, 15) is 0 Å². The topological polar surface area (TPSA) is 21.3 Å². The SMILES string of the molecule is COc1ccc(C)cc1[C@@H]1CCCNC1. The number of hydrogen-bond donors (Lipinski definition) is 1. The molecule has 1 fully saturated rings. The second kappa shape index (κ2) is 4.67. The molecule has 0 amide bonds. The van der Waals surface area contributed by atoms with E-state index < -0.39 is 0 Å². The van der Waals surface area contributed by atoms with Gasteiger partial charge in [0.2, 0.25) is 0 Å². The third-order valence-electron chi connectivity index (χ3n) is 3.12. The highest BCUT2D eigenvalue weighted by molar-refractivity contribution is 5.39. The van der Waals surface area contributed by atoms with Gasteiger partial charge in [-0.2, -0.15) is 0 Å². The smallest absolute Gasteiger partial charge is 0.122 e. The number of aryl methyl sites for hydroxylation is 1. The lowest BCUT2D eigenvalue weighted by atomic mass is 9.90. The Morgan fingerprint density at radius 2 is 2.27 bits per heavy atom. The highest BCUT2D eigenvalue weighted by atomic mass is 16.5. The van der Waals surface area contributed by atoms with Gasteiger partial charge in [0.25, 0.3) is 0 Å². The lowest BCUT2D eigenvalue weighted by molar-refractivity contribution is 0.392. The van der Waals surface area contributed by atoms with E-state index >= 15 is 0 Å². The Morgan fingerprint density at radius 1 is 1.40 bits per heavy atom. The second-order valence-electron chi connectivity index (χ2n) is 4.29. The summed E-state index contributed by atoms with van der Waals surface area (Å²) in [5, 5.41) is 3.45. The summed E-state index contributed by atoms with van der Waals surface area (Å²) in [4.78, 5) is 0. The molecular formula is C13H19NO. The first-order valence-corrected chi connectivity index (χ1v) is 5.66. The zero-order chi connectivity index (χ0) is 10.7. The first-order valence-electron chi connectivity index (χ1n) is 5.66. The maximum Gasteiger partial charge on any atom is 0.122 e. The van der Waals surface area contributed by atoms with Crippen molar-refractivity contribution in [3.8, 4) is 5.75 Å². The minimum absolute atomic E-state index is 0.619. The minimum atomic E-state index is 0.619. The average molecular weight is 205 g/mol. The van der Waals surface area contributed by atoms with Gasteiger partial charge in [-0.3, -0.25) is 0 Å². The Kier molecular flexibility index (Phi) is 3.27. The molecule has 2 heteroatoms. The molecule has 1 atom stereocenters. The van der Waals surface area contributed by atoms with E-state index in [0.717, 1.165) is 18.8 Å². The summed E-state index contributed by atoms with van der Waals surface area (Å²) in [5.41, 5.74) is 2.68. The fourth-order valence-corrected chi connectivity index (χ4v) is 2.29. The van der Waals surface area contributed by atoms with Crippen LogP contribution < -0.4 is 10.1 Å². The molecule has 15 heavy (non-hydrogen) atoms. The summed E-state index contributed by atoms with van der Waals surface area (Å²) >= 11 is 0. The molecule has 0 radical (unpaired) electrons. The molecule has 1 heterocycles. The van der Waals surface area contributed by atoms with Crippen LogP contribution in [0, 0.1) is 6.92 Å². The molecule has 82 valence electrons. The van der Waals surface area contributed by atoms with Crippen molar-refractivity contribution >= 4 is 0 Å². The standard InChI is InChI=1S/C13H19NO/c1-10-5-6-13(15-2)12(8-10)11-4-3-7-14-9-11/h5-6,8,11,14H,3-4,7,9H2,1-2H3/t11-/m1/s1. The molecule has 0 saturated carbocycles. The lowest BCUT2D eigenvalue weighted by Gasteiger charge is -2.25. The van der Waals surface area contributed by atoms with Crippen molar-refractivity contribution in [2.75, 3.05) is 20.2 Å². The molecule has 0 spiro atoms. The number of ether oxygens (including phenoxy) is 1. The van der Waals surface area contributed by atoms with Gasteiger partial charge >= 0.3 is 0 Å². The molecular weight excluding hydrogens is 186 g/mol. The van der Waals surface area contributed by atoms with Crippen molar-refractivity contribution < 1.29 is 4.74 Å². The number of methoxy groups -OCH3 is 1. The molecule has 2 rings (SSSR count). The summed E-state index contributed by atoms with van der Waals surface area (Å²) in [7, 11) is 1.75. The van der Waals surface area contributed by atoms with E-state index in [2.05, 4.69) is 30.4 Å². The summed E-state index contributed by atoms with van der Waals surface area (Å²) < 4.78 is 5.43. The van der Waals surface area contributed by atoms with Crippen LogP contribution in [0.2, 0.25) is 0 Å². The van der Waals surface area contributed by atoms with Crippen LogP contribution in [-0.2, 0) is 0 Å². The summed E-state index contributed by atoms with van der Waals surface area (Å²) in [5.74, 6) is 1.66. The normalized spacial score (nSPS) is 21.3. The molecule has 0 bridgehead atoms. The van der Waals surface area contributed by atoms with Gasteiger partial charge in [0.05, 0.1) is 7.11 Å². The molecule has 0 aromatic heterocycles. The zero-order valence-electron chi connectivity index (χ0n) is 9.55. The van der Waals surface area contributed by atoms with E-state index in [0.29, 0.717) is 5.92 Å². The maximum absolute atomic E-state index is 5.43. The van der Waals surface area contributed by atoms with Crippen LogP contribution >= 0.6 is 0 Å². The van der Waals surface area contributed by atoms with E-state index in [1.807, 2.05) is 0 Å². The first-order chi connectivity index (χ1) is 7.31. The van der Waals surface area contributed by atoms with Crippen molar-refractivity contribution in [1.82, 2.24) is 5.32 Å². The second-order valence-corrected chi connectivity index (χ2v) is 4.29. The Labute approximate surface area is 91.6 Å². The van der Waals surface area contributed by atoms with Crippen LogP contribution in [0.5, 0.6) is 5.75 Å². The van der Waals surface area contributed by atoms with Gasteiger partial charge in [-0.25, -0.2) is 0 Å². The zero-order valence-corrected chi connectivity index (χ0v) is 9.55. The Hall–Kier alpha value is -1.02. The van der Waals surface area contributed by atoms with Gasteiger partial charge < -0.3 is 10.1 Å². The molecule has 1 aliphatic heterocycles. The van der Waals surface area contributed by atoms with Crippen molar-refractivity contribution in [3.05, 3.63) is 29.3 Å². The number of piperidine rings is 1. The maximum atomic E-state index is 5.43. The minimum Gasteiger partial charge on any atom is -0.496 e. The van der Waals surface area contributed by atoms with Crippen LogP contribution in [-0.4, -0.2) is 20.2 Å². The molecule has 1 aromatic rings. The third kappa shape index (κ3) is 2.32. The predicted octanol–water partition coefficient (Wildman–Crippen LogP) is 2.47. The van der Waals surface area contributed by atoms with E-state index in [-0.39, 0.29) is 0 Å². The predicted molar refractivity (Wildman–Crippen MR) is 62.6 cm³/mol. The van der Waals surface area contributed by atoms with Crippen molar-refractivity contribution in [2.24, 2.45) is 0 Å². The Bertz CT molecular complexity index is 329. The fraction of sp³-hybridized carbons (Fsp3) is 0.538. The molecule has 1 N–H and O–H groups in total. The van der Waals surface area contributed by atoms with E-state index in [1.54, 1.807) is 7.11 Å². The summed E-state index contributed by atoms with van der Waals surface area (Å²) in [6.45, 7) is 4.38. The van der Waals surface area contributed by atoms with Crippen molar-refractivity contribution in [3.63, 3.8) is 0 Å². The van der Waals surface area contributed by atoms with Gasteiger partial charge in [0, 0.05) is 12.5 Å². The number of hydrogen-bond acceptors (Lipinski definition) is 2. The number of rotatable bonds is 2.